The lowest BCUT2D eigenvalue weighted by molar-refractivity contribution is 0.159. The van der Waals surface area contributed by atoms with E-state index < -0.39 is 5.54 Å². The summed E-state index contributed by atoms with van der Waals surface area (Å²) in [5.41, 5.74) is 5.72. The number of hydrogen-bond donors (Lipinski definition) is 2. The van der Waals surface area contributed by atoms with E-state index in [4.69, 9.17) is 5.73 Å². The number of aliphatic hydroxyl groups excluding tert-OH is 1. The molecule has 1 aliphatic rings. The van der Waals surface area contributed by atoms with Crippen LogP contribution in [0, 0.1) is 0 Å². The number of nitrogens with zero attached hydrogens (tertiary/aromatic N) is 3. The van der Waals surface area contributed by atoms with Gasteiger partial charge in [-0.2, -0.15) is 5.10 Å². The summed E-state index contributed by atoms with van der Waals surface area (Å²) < 4.78 is 1.77. The predicted octanol–water partition coefficient (Wildman–Crippen LogP) is 0.540. The summed E-state index contributed by atoms with van der Waals surface area (Å²) in [7, 11) is 1.89. The summed E-state index contributed by atoms with van der Waals surface area (Å²) in [6.45, 7) is 0.0723. The Bertz CT molecular complexity index is 356. The topological polar surface area (TPSA) is 77.0 Å². The molecule has 3 N–H and O–H groups in total. The number of nitrogens with two attached hydrogens (primary N) is 1. The third-order valence-corrected chi connectivity index (χ3v) is 4.41. The van der Waals surface area contributed by atoms with Crippen LogP contribution in [0.5, 0.6) is 0 Å². The van der Waals surface area contributed by atoms with Crippen LogP contribution in [0.25, 0.3) is 0 Å². The first-order valence-corrected chi connectivity index (χ1v) is 6.41. The van der Waals surface area contributed by atoms with Crippen molar-refractivity contribution in [2.75, 3.05) is 6.61 Å². The van der Waals surface area contributed by atoms with Crippen LogP contribution in [-0.2, 0) is 7.05 Å². The molecule has 1 aromatic heterocycles. The van der Waals surface area contributed by atoms with Crippen molar-refractivity contribution >= 4 is 11.8 Å². The molecule has 2 unspecified atom stereocenters. The summed E-state index contributed by atoms with van der Waals surface area (Å²) in [6.07, 6.45) is 5.54. The Labute approximate surface area is 99.4 Å². The summed E-state index contributed by atoms with van der Waals surface area (Å²) in [5, 5.41) is 14.7. The van der Waals surface area contributed by atoms with Crippen LogP contribution in [-0.4, -0.2) is 37.3 Å². The second-order valence-electron chi connectivity index (χ2n) is 4.52. The normalized spacial score (nSPS) is 30.6. The first-order valence-electron chi connectivity index (χ1n) is 5.53. The highest BCUT2D eigenvalue weighted by atomic mass is 32.2. The van der Waals surface area contributed by atoms with Gasteiger partial charge >= 0.3 is 0 Å². The summed E-state index contributed by atoms with van der Waals surface area (Å²) in [4.78, 5) is 4.19. The van der Waals surface area contributed by atoms with Gasteiger partial charge in [-0.1, -0.05) is 18.2 Å². The predicted molar refractivity (Wildman–Crippen MR) is 63.1 cm³/mol. The molecule has 1 saturated carbocycles. The minimum Gasteiger partial charge on any atom is -0.394 e. The molecule has 0 amide bonds. The lowest BCUT2D eigenvalue weighted by Crippen LogP contribution is -2.48. The largest absolute Gasteiger partial charge is 0.394 e. The molecule has 0 radical (unpaired) electrons. The number of hydrogen-bond acceptors (Lipinski definition) is 5. The van der Waals surface area contributed by atoms with Crippen LogP contribution < -0.4 is 5.73 Å². The van der Waals surface area contributed by atoms with E-state index in [-0.39, 0.29) is 6.61 Å². The third kappa shape index (κ3) is 2.56. The van der Waals surface area contributed by atoms with Gasteiger partial charge in [-0.3, -0.25) is 0 Å². The number of aliphatic hydroxyl groups is 1. The fraction of sp³-hybridized carbons (Fsp3) is 0.800. The van der Waals surface area contributed by atoms with E-state index in [1.165, 1.54) is 0 Å². The van der Waals surface area contributed by atoms with Gasteiger partial charge in [0, 0.05) is 17.8 Å². The zero-order valence-corrected chi connectivity index (χ0v) is 10.3. The van der Waals surface area contributed by atoms with Crippen LogP contribution in [0.2, 0.25) is 0 Å². The lowest BCUT2D eigenvalue weighted by atomic mass is 9.83. The van der Waals surface area contributed by atoms with E-state index in [9.17, 15) is 5.11 Å². The van der Waals surface area contributed by atoms with Crippen LogP contribution in [0.3, 0.4) is 0 Å². The number of rotatable bonds is 3. The SMILES string of the molecule is Cn1ncnc1SC1CCCC(N)(CO)C1. The summed E-state index contributed by atoms with van der Waals surface area (Å²) in [6, 6.07) is 0. The smallest absolute Gasteiger partial charge is 0.186 e. The van der Waals surface area contributed by atoms with Gasteiger partial charge < -0.3 is 10.8 Å². The van der Waals surface area contributed by atoms with E-state index in [1.54, 1.807) is 22.8 Å². The molecule has 90 valence electrons. The average molecular weight is 242 g/mol. The molecule has 1 fully saturated rings. The molecule has 0 aliphatic heterocycles. The maximum absolute atomic E-state index is 9.28. The Morgan fingerprint density at radius 3 is 3.19 bits per heavy atom. The van der Waals surface area contributed by atoms with E-state index in [1.807, 2.05) is 7.05 Å². The minimum absolute atomic E-state index is 0.0723. The van der Waals surface area contributed by atoms with Gasteiger partial charge in [0.25, 0.3) is 0 Å². The van der Waals surface area contributed by atoms with Crippen molar-refractivity contribution < 1.29 is 5.11 Å². The zero-order chi connectivity index (χ0) is 11.6. The van der Waals surface area contributed by atoms with Crippen LogP contribution in [0.4, 0.5) is 0 Å². The monoisotopic (exact) mass is 242 g/mol. The van der Waals surface area contributed by atoms with Gasteiger partial charge in [-0.05, 0) is 19.3 Å². The molecule has 0 spiro atoms. The van der Waals surface area contributed by atoms with Gasteiger partial charge in [0.1, 0.15) is 6.33 Å². The highest BCUT2D eigenvalue weighted by Crippen LogP contribution is 2.36. The van der Waals surface area contributed by atoms with Gasteiger partial charge in [-0.25, -0.2) is 9.67 Å². The first kappa shape index (κ1) is 11.9. The molecular formula is C10H18N4OS. The number of aromatic nitrogens is 3. The Hall–Kier alpha value is -0.590. The summed E-state index contributed by atoms with van der Waals surface area (Å²) >= 11 is 1.71. The fourth-order valence-corrected chi connectivity index (χ4v) is 3.43. The lowest BCUT2D eigenvalue weighted by Gasteiger charge is -2.35. The van der Waals surface area contributed by atoms with Crippen LogP contribution in [0.1, 0.15) is 25.7 Å². The Morgan fingerprint density at radius 2 is 2.56 bits per heavy atom. The molecule has 0 aromatic carbocycles. The Balaban J connectivity index is 1.98. The number of aryl methyl sites for hydroxylation is 1. The van der Waals surface area contributed by atoms with Gasteiger partial charge in [0.15, 0.2) is 5.16 Å². The van der Waals surface area contributed by atoms with E-state index in [2.05, 4.69) is 10.1 Å². The van der Waals surface area contributed by atoms with Crippen molar-refractivity contribution in [3.63, 3.8) is 0 Å². The zero-order valence-electron chi connectivity index (χ0n) is 9.46. The van der Waals surface area contributed by atoms with Crippen molar-refractivity contribution in [1.82, 2.24) is 14.8 Å². The average Bonchev–Trinajstić information content (AvgIpc) is 2.65. The van der Waals surface area contributed by atoms with Crippen LogP contribution in [0.15, 0.2) is 11.5 Å². The standard InChI is InChI=1S/C10H18N4OS/c1-14-9(12-7-13-14)16-8-3-2-4-10(11,5-8)6-15/h7-8,15H,2-6,11H2,1H3. The van der Waals surface area contributed by atoms with E-state index >= 15 is 0 Å². The van der Waals surface area contributed by atoms with E-state index in [0.717, 1.165) is 30.8 Å². The first-order chi connectivity index (χ1) is 7.63. The Morgan fingerprint density at radius 1 is 1.75 bits per heavy atom. The fourth-order valence-electron chi connectivity index (χ4n) is 2.12. The minimum atomic E-state index is -0.394. The molecule has 1 aliphatic carbocycles. The van der Waals surface area contributed by atoms with Crippen molar-refractivity contribution in [2.45, 2.75) is 41.6 Å². The molecule has 2 rings (SSSR count). The molecule has 1 aromatic rings. The second-order valence-corrected chi connectivity index (χ2v) is 5.79. The van der Waals surface area contributed by atoms with Crippen molar-refractivity contribution in [3.8, 4) is 0 Å². The molecule has 2 atom stereocenters. The maximum atomic E-state index is 9.28. The maximum Gasteiger partial charge on any atom is 0.186 e. The van der Waals surface area contributed by atoms with Crippen LogP contribution >= 0.6 is 11.8 Å². The molecule has 6 heteroatoms. The molecule has 5 nitrogen and oxygen atoms in total. The summed E-state index contributed by atoms with van der Waals surface area (Å²) in [5.74, 6) is 0. The molecule has 16 heavy (non-hydrogen) atoms. The Kier molecular flexibility index (Phi) is 3.51. The molecule has 0 saturated heterocycles. The molecular weight excluding hydrogens is 224 g/mol. The van der Waals surface area contributed by atoms with Gasteiger partial charge in [-0.15, -0.1) is 0 Å². The molecule has 0 bridgehead atoms. The highest BCUT2D eigenvalue weighted by Gasteiger charge is 2.33. The third-order valence-electron chi connectivity index (χ3n) is 3.09. The van der Waals surface area contributed by atoms with Crippen molar-refractivity contribution in [3.05, 3.63) is 6.33 Å². The van der Waals surface area contributed by atoms with Crippen molar-refractivity contribution in [1.29, 1.82) is 0 Å². The van der Waals surface area contributed by atoms with Gasteiger partial charge in [0.05, 0.1) is 6.61 Å². The quantitative estimate of drug-likeness (QED) is 0.809. The van der Waals surface area contributed by atoms with E-state index in [0.29, 0.717) is 5.25 Å². The molecule has 1 heterocycles. The number of thioether (sulfide) groups is 1. The second kappa shape index (κ2) is 4.73. The highest BCUT2D eigenvalue weighted by molar-refractivity contribution is 7.99. The van der Waals surface area contributed by atoms with Gasteiger partial charge in [0.2, 0.25) is 0 Å². The van der Waals surface area contributed by atoms with Crippen molar-refractivity contribution in [2.24, 2.45) is 12.8 Å².